The molecule has 0 bridgehead atoms. The lowest BCUT2D eigenvalue weighted by Gasteiger charge is -1.99. The standard InChI is InChI=1S/C12H14N2/c1-3-4-11(5-8-13-2)12-6-9-14-10-7-12/h3-10H,1-2H3/b4-3-,11-5+,13-8?. The molecule has 0 aromatic carbocycles. The molecule has 0 amide bonds. The van der Waals surface area contributed by atoms with Crippen molar-refractivity contribution in [1.29, 1.82) is 0 Å². The van der Waals surface area contributed by atoms with Gasteiger partial charge in [0.25, 0.3) is 0 Å². The predicted molar refractivity (Wildman–Crippen MR) is 61.4 cm³/mol. The Bertz CT molecular complexity index is 348. The largest absolute Gasteiger partial charge is 0.296 e. The lowest BCUT2D eigenvalue weighted by molar-refractivity contribution is 1.32. The van der Waals surface area contributed by atoms with Crippen LogP contribution in [0.1, 0.15) is 12.5 Å². The van der Waals surface area contributed by atoms with Gasteiger partial charge in [0.05, 0.1) is 0 Å². The average Bonchev–Trinajstić information content (AvgIpc) is 2.25. The molecule has 1 aromatic heterocycles. The molecule has 0 aliphatic heterocycles. The first-order valence-electron chi connectivity index (χ1n) is 4.54. The third-order valence-electron chi connectivity index (χ3n) is 1.76. The van der Waals surface area contributed by atoms with Crippen LogP contribution in [0.15, 0.2) is 47.7 Å². The number of hydrogen-bond donors (Lipinski definition) is 0. The van der Waals surface area contributed by atoms with Gasteiger partial charge in [-0.2, -0.15) is 0 Å². The van der Waals surface area contributed by atoms with Crippen LogP contribution in [0.3, 0.4) is 0 Å². The molecule has 2 heteroatoms. The maximum absolute atomic E-state index is 3.98. The molecule has 0 atom stereocenters. The molecule has 0 fully saturated rings. The number of nitrogens with zero attached hydrogens (tertiary/aromatic N) is 2. The summed E-state index contributed by atoms with van der Waals surface area (Å²) in [6.45, 7) is 2.00. The van der Waals surface area contributed by atoms with Gasteiger partial charge in [0.1, 0.15) is 0 Å². The van der Waals surface area contributed by atoms with E-state index in [0.717, 1.165) is 11.1 Å². The number of rotatable bonds is 3. The van der Waals surface area contributed by atoms with Crippen LogP contribution >= 0.6 is 0 Å². The Hall–Kier alpha value is -1.70. The van der Waals surface area contributed by atoms with E-state index >= 15 is 0 Å². The third-order valence-corrected chi connectivity index (χ3v) is 1.76. The highest BCUT2D eigenvalue weighted by atomic mass is 14.6. The summed E-state index contributed by atoms with van der Waals surface area (Å²) >= 11 is 0. The molecular weight excluding hydrogens is 172 g/mol. The number of pyridine rings is 1. The fourth-order valence-corrected chi connectivity index (χ4v) is 1.13. The van der Waals surface area contributed by atoms with Gasteiger partial charge in [-0.15, -0.1) is 0 Å². The van der Waals surface area contributed by atoms with Crippen molar-refractivity contribution in [1.82, 2.24) is 4.98 Å². The van der Waals surface area contributed by atoms with Crippen LogP contribution in [0.2, 0.25) is 0 Å². The minimum Gasteiger partial charge on any atom is -0.296 e. The van der Waals surface area contributed by atoms with Crippen LogP contribution in [0.5, 0.6) is 0 Å². The Labute approximate surface area is 84.7 Å². The topological polar surface area (TPSA) is 25.2 Å². The number of aromatic nitrogens is 1. The summed E-state index contributed by atoms with van der Waals surface area (Å²) in [4.78, 5) is 7.92. The lowest BCUT2D eigenvalue weighted by Crippen LogP contribution is -1.82. The van der Waals surface area contributed by atoms with E-state index in [1.165, 1.54) is 0 Å². The molecule has 1 heterocycles. The number of allylic oxidation sites excluding steroid dienone is 4. The lowest BCUT2D eigenvalue weighted by atomic mass is 10.1. The van der Waals surface area contributed by atoms with E-state index in [1.54, 1.807) is 25.7 Å². The first-order chi connectivity index (χ1) is 6.88. The highest BCUT2D eigenvalue weighted by molar-refractivity contribution is 5.88. The van der Waals surface area contributed by atoms with E-state index in [9.17, 15) is 0 Å². The van der Waals surface area contributed by atoms with Crippen LogP contribution in [0.25, 0.3) is 5.57 Å². The predicted octanol–water partition coefficient (Wildman–Crippen LogP) is 2.74. The molecule has 14 heavy (non-hydrogen) atoms. The average molecular weight is 186 g/mol. The second kappa shape index (κ2) is 5.86. The van der Waals surface area contributed by atoms with Gasteiger partial charge in [0, 0.05) is 25.7 Å². The number of hydrogen-bond acceptors (Lipinski definition) is 2. The molecule has 0 N–H and O–H groups in total. The van der Waals surface area contributed by atoms with Crippen molar-refractivity contribution in [2.45, 2.75) is 6.92 Å². The van der Waals surface area contributed by atoms with Gasteiger partial charge in [-0.3, -0.25) is 9.98 Å². The highest BCUT2D eigenvalue weighted by Gasteiger charge is 1.94. The molecule has 0 unspecified atom stereocenters. The number of aliphatic imine (C=N–C) groups is 1. The quantitative estimate of drug-likeness (QED) is 0.526. The molecule has 0 aliphatic carbocycles. The van der Waals surface area contributed by atoms with Crippen LogP contribution in [-0.4, -0.2) is 18.2 Å². The monoisotopic (exact) mass is 186 g/mol. The van der Waals surface area contributed by atoms with E-state index in [2.05, 4.69) is 16.1 Å². The zero-order valence-corrected chi connectivity index (χ0v) is 8.51. The summed E-state index contributed by atoms with van der Waals surface area (Å²) in [6.07, 6.45) is 11.4. The highest BCUT2D eigenvalue weighted by Crippen LogP contribution is 2.13. The maximum atomic E-state index is 3.98. The van der Waals surface area contributed by atoms with Crippen LogP contribution in [0.4, 0.5) is 0 Å². The molecular formula is C12H14N2. The SMILES string of the molecule is C/C=C\C(=C/C=NC)c1ccncc1. The van der Waals surface area contributed by atoms with Gasteiger partial charge in [-0.25, -0.2) is 0 Å². The Morgan fingerprint density at radius 3 is 2.64 bits per heavy atom. The van der Waals surface area contributed by atoms with Crippen molar-refractivity contribution in [3.8, 4) is 0 Å². The molecule has 72 valence electrons. The van der Waals surface area contributed by atoms with Crippen LogP contribution in [-0.2, 0) is 0 Å². The zero-order chi connectivity index (χ0) is 10.2. The summed E-state index contributed by atoms with van der Waals surface area (Å²) < 4.78 is 0. The third kappa shape index (κ3) is 2.98. The Morgan fingerprint density at radius 1 is 1.36 bits per heavy atom. The zero-order valence-electron chi connectivity index (χ0n) is 8.51. The van der Waals surface area contributed by atoms with Crippen molar-refractivity contribution < 1.29 is 0 Å². The van der Waals surface area contributed by atoms with Crippen molar-refractivity contribution in [3.63, 3.8) is 0 Å². The fourth-order valence-electron chi connectivity index (χ4n) is 1.13. The molecule has 0 radical (unpaired) electrons. The Morgan fingerprint density at radius 2 is 2.07 bits per heavy atom. The second-order valence-electron chi connectivity index (χ2n) is 2.77. The van der Waals surface area contributed by atoms with Crippen molar-refractivity contribution >= 4 is 11.8 Å². The van der Waals surface area contributed by atoms with Gasteiger partial charge in [-0.05, 0) is 36.3 Å². The first kappa shape index (κ1) is 10.4. The molecule has 0 spiro atoms. The van der Waals surface area contributed by atoms with Gasteiger partial charge in [0.15, 0.2) is 0 Å². The normalized spacial score (nSPS) is 12.9. The second-order valence-corrected chi connectivity index (χ2v) is 2.77. The van der Waals surface area contributed by atoms with E-state index in [1.807, 2.05) is 31.2 Å². The molecule has 1 rings (SSSR count). The summed E-state index contributed by atoms with van der Waals surface area (Å²) in [5, 5.41) is 0. The van der Waals surface area contributed by atoms with Crippen molar-refractivity contribution in [3.05, 3.63) is 48.3 Å². The van der Waals surface area contributed by atoms with Crippen molar-refractivity contribution in [2.24, 2.45) is 4.99 Å². The van der Waals surface area contributed by atoms with Crippen molar-refractivity contribution in [2.75, 3.05) is 7.05 Å². The minimum absolute atomic E-state index is 1.14. The summed E-state index contributed by atoms with van der Waals surface area (Å²) in [5.41, 5.74) is 2.29. The van der Waals surface area contributed by atoms with Gasteiger partial charge in [-0.1, -0.05) is 12.2 Å². The molecule has 1 aromatic rings. The van der Waals surface area contributed by atoms with Crippen LogP contribution in [0, 0.1) is 0 Å². The van der Waals surface area contributed by atoms with Gasteiger partial charge < -0.3 is 0 Å². The summed E-state index contributed by atoms with van der Waals surface area (Å²) in [7, 11) is 1.76. The summed E-state index contributed by atoms with van der Waals surface area (Å²) in [6, 6.07) is 3.96. The minimum atomic E-state index is 1.14. The van der Waals surface area contributed by atoms with E-state index < -0.39 is 0 Å². The molecule has 0 saturated carbocycles. The van der Waals surface area contributed by atoms with Gasteiger partial charge >= 0.3 is 0 Å². The maximum Gasteiger partial charge on any atom is 0.0277 e. The molecule has 0 saturated heterocycles. The smallest absolute Gasteiger partial charge is 0.0277 e. The molecule has 0 aliphatic rings. The Kier molecular flexibility index (Phi) is 4.35. The Balaban J connectivity index is 3.00. The fraction of sp³-hybridized carbons (Fsp3) is 0.167. The summed E-state index contributed by atoms with van der Waals surface area (Å²) in [5.74, 6) is 0. The molecule has 2 nitrogen and oxygen atoms in total. The van der Waals surface area contributed by atoms with Crippen LogP contribution < -0.4 is 0 Å². The van der Waals surface area contributed by atoms with E-state index in [0.29, 0.717) is 0 Å². The van der Waals surface area contributed by atoms with E-state index in [-0.39, 0.29) is 0 Å². The first-order valence-corrected chi connectivity index (χ1v) is 4.54. The van der Waals surface area contributed by atoms with Gasteiger partial charge in [0.2, 0.25) is 0 Å². The van der Waals surface area contributed by atoms with E-state index in [4.69, 9.17) is 0 Å².